The summed E-state index contributed by atoms with van der Waals surface area (Å²) in [5, 5.41) is 9.50. The molecule has 0 saturated heterocycles. The minimum Gasteiger partial charge on any atom is -0.489 e. The fraction of sp³-hybridized carbons (Fsp3) is 0.314. The minimum atomic E-state index is -0.853. The number of ether oxygens (including phenoxy) is 1. The lowest BCUT2D eigenvalue weighted by molar-refractivity contribution is -0.138. The van der Waals surface area contributed by atoms with Crippen LogP contribution in [0.3, 0.4) is 0 Å². The van der Waals surface area contributed by atoms with Crippen molar-refractivity contribution in [3.05, 3.63) is 107 Å². The van der Waals surface area contributed by atoms with Crippen LogP contribution < -0.4 is 4.74 Å². The van der Waals surface area contributed by atoms with E-state index in [2.05, 4.69) is 84.5 Å². The number of carbonyl (C=O) groups is 1. The van der Waals surface area contributed by atoms with Crippen LogP contribution in [-0.4, -0.2) is 32.5 Å². The van der Waals surface area contributed by atoms with E-state index in [0.29, 0.717) is 25.6 Å². The Hall–Kier alpha value is -3.94. The average Bonchev–Trinajstić information content (AvgIpc) is 3.63. The first kappa shape index (κ1) is 29.5. The summed E-state index contributed by atoms with van der Waals surface area (Å²) in [6.45, 7) is 5.95. The first-order chi connectivity index (χ1) is 20.5. The van der Waals surface area contributed by atoms with Crippen molar-refractivity contribution in [2.45, 2.75) is 65.1 Å². The predicted octanol–water partition coefficient (Wildman–Crippen LogP) is 8.64. The average molecular weight is 582 g/mol. The molecule has 6 nitrogen and oxygen atoms in total. The van der Waals surface area contributed by atoms with Gasteiger partial charge in [-0.05, 0) is 71.8 Å². The Morgan fingerprint density at radius 3 is 2.36 bits per heavy atom. The van der Waals surface area contributed by atoms with Crippen molar-refractivity contribution >= 4 is 28.3 Å². The zero-order valence-electron chi connectivity index (χ0n) is 24.4. The van der Waals surface area contributed by atoms with Gasteiger partial charge in [0.1, 0.15) is 18.2 Å². The maximum Gasteiger partial charge on any atom is 0.317 e. The number of aliphatic carboxylic acids is 1. The SMILES string of the molecule is CCCC(CCC)c1ccc(OCc2ccc(-c3ccc(CN(CC(=O)O)Cc4nc5ccccc5[nH]4)s3)cc2)cc1. The lowest BCUT2D eigenvalue weighted by Crippen LogP contribution is -2.29. The highest BCUT2D eigenvalue weighted by Crippen LogP contribution is 2.30. The number of nitrogens with zero attached hydrogens (tertiary/aromatic N) is 2. The fourth-order valence-corrected chi connectivity index (χ4v) is 6.49. The number of thiophene rings is 1. The normalized spacial score (nSPS) is 11.5. The van der Waals surface area contributed by atoms with Crippen molar-refractivity contribution in [1.82, 2.24) is 14.9 Å². The number of hydrogen-bond acceptors (Lipinski definition) is 5. The third kappa shape index (κ3) is 7.87. The van der Waals surface area contributed by atoms with E-state index in [4.69, 9.17) is 4.74 Å². The van der Waals surface area contributed by atoms with E-state index in [-0.39, 0.29) is 6.54 Å². The second-order valence-electron chi connectivity index (χ2n) is 10.8. The number of carboxylic acid groups (broad SMARTS) is 1. The first-order valence-corrected chi connectivity index (χ1v) is 15.6. The highest BCUT2D eigenvalue weighted by Gasteiger charge is 2.15. The zero-order valence-corrected chi connectivity index (χ0v) is 25.2. The molecule has 0 amide bonds. The molecule has 0 unspecified atom stereocenters. The molecule has 0 aliphatic heterocycles. The van der Waals surface area contributed by atoms with Crippen LogP contribution in [0.15, 0.2) is 84.9 Å². The molecule has 218 valence electrons. The van der Waals surface area contributed by atoms with Gasteiger partial charge in [0.2, 0.25) is 0 Å². The van der Waals surface area contributed by atoms with E-state index in [9.17, 15) is 9.90 Å². The van der Waals surface area contributed by atoms with Crippen molar-refractivity contribution in [3.8, 4) is 16.2 Å². The summed E-state index contributed by atoms with van der Waals surface area (Å²) in [6, 6.07) is 29.1. The van der Waals surface area contributed by atoms with Gasteiger partial charge in [-0.25, -0.2) is 4.98 Å². The fourth-order valence-electron chi connectivity index (χ4n) is 5.43. The Morgan fingerprint density at radius 2 is 1.67 bits per heavy atom. The van der Waals surface area contributed by atoms with Crippen molar-refractivity contribution in [1.29, 1.82) is 0 Å². The van der Waals surface area contributed by atoms with Crippen LogP contribution in [0.2, 0.25) is 0 Å². The highest BCUT2D eigenvalue weighted by molar-refractivity contribution is 7.15. The molecule has 0 bridgehead atoms. The maximum absolute atomic E-state index is 11.6. The van der Waals surface area contributed by atoms with Gasteiger partial charge in [-0.15, -0.1) is 11.3 Å². The molecule has 0 atom stereocenters. The molecule has 0 radical (unpaired) electrons. The highest BCUT2D eigenvalue weighted by atomic mass is 32.1. The first-order valence-electron chi connectivity index (χ1n) is 14.8. The summed E-state index contributed by atoms with van der Waals surface area (Å²) in [6.07, 6.45) is 4.88. The van der Waals surface area contributed by atoms with E-state index in [1.165, 1.54) is 31.2 Å². The number of carboxylic acids is 1. The summed E-state index contributed by atoms with van der Waals surface area (Å²) in [5.74, 6) is 1.44. The number of aromatic amines is 1. The largest absolute Gasteiger partial charge is 0.489 e. The van der Waals surface area contributed by atoms with Crippen LogP contribution in [0.4, 0.5) is 0 Å². The number of fused-ring (bicyclic) bond motifs is 1. The maximum atomic E-state index is 11.6. The van der Waals surface area contributed by atoms with Crippen molar-refractivity contribution in [2.24, 2.45) is 0 Å². The van der Waals surface area contributed by atoms with Gasteiger partial charge in [-0.2, -0.15) is 0 Å². The van der Waals surface area contributed by atoms with Crippen molar-refractivity contribution < 1.29 is 14.6 Å². The number of rotatable bonds is 15. The van der Waals surface area contributed by atoms with E-state index in [1.807, 2.05) is 29.2 Å². The molecule has 2 heterocycles. The quantitative estimate of drug-likeness (QED) is 0.129. The number of aromatic nitrogens is 2. The molecule has 0 fully saturated rings. The van der Waals surface area contributed by atoms with Gasteiger partial charge < -0.3 is 14.8 Å². The molecule has 2 N–H and O–H groups in total. The smallest absolute Gasteiger partial charge is 0.317 e. The molecule has 5 aromatic rings. The molecule has 0 spiro atoms. The Labute approximate surface area is 252 Å². The molecule has 2 aromatic heterocycles. The number of benzene rings is 3. The molecule has 0 aliphatic rings. The van der Waals surface area contributed by atoms with E-state index in [0.717, 1.165) is 43.5 Å². The molecular formula is C35H39N3O3S. The number of nitrogens with one attached hydrogen (secondary N) is 1. The second-order valence-corrected chi connectivity index (χ2v) is 12.0. The van der Waals surface area contributed by atoms with Crippen LogP contribution in [-0.2, 0) is 24.5 Å². The minimum absolute atomic E-state index is 0.0558. The summed E-state index contributed by atoms with van der Waals surface area (Å²) >= 11 is 1.69. The molecule has 7 heteroatoms. The van der Waals surface area contributed by atoms with Gasteiger partial charge in [-0.3, -0.25) is 9.69 Å². The lowest BCUT2D eigenvalue weighted by Gasteiger charge is -2.18. The van der Waals surface area contributed by atoms with Crippen LogP contribution >= 0.6 is 11.3 Å². The standard InChI is InChI=1S/C35H39N3O3S/c1-3-7-26(8-4-2)27-15-17-29(18-16-27)41-24-25-11-13-28(14-12-25)33-20-19-30(42-33)21-38(23-35(39)40)22-34-36-31-9-5-6-10-32(31)37-34/h5-6,9-20,26H,3-4,7-8,21-24H2,1-2H3,(H,36,37)(H,39,40). The van der Waals surface area contributed by atoms with Gasteiger partial charge in [0.05, 0.1) is 24.1 Å². The van der Waals surface area contributed by atoms with Crippen LogP contribution in [0.1, 0.15) is 67.3 Å². The van der Waals surface area contributed by atoms with Crippen LogP contribution in [0, 0.1) is 0 Å². The predicted molar refractivity (Wildman–Crippen MR) is 171 cm³/mol. The van der Waals surface area contributed by atoms with Gasteiger partial charge in [0, 0.05) is 16.3 Å². The van der Waals surface area contributed by atoms with Gasteiger partial charge in [0.15, 0.2) is 0 Å². The van der Waals surface area contributed by atoms with Gasteiger partial charge in [0.25, 0.3) is 0 Å². The second kappa shape index (κ2) is 14.3. The molecule has 5 rings (SSSR count). The van der Waals surface area contributed by atoms with Gasteiger partial charge in [-0.1, -0.05) is 75.2 Å². The van der Waals surface area contributed by atoms with E-state index >= 15 is 0 Å². The van der Waals surface area contributed by atoms with Gasteiger partial charge >= 0.3 is 5.97 Å². The monoisotopic (exact) mass is 581 g/mol. The Balaban J connectivity index is 1.18. The summed E-state index contributed by atoms with van der Waals surface area (Å²) in [7, 11) is 0. The Morgan fingerprint density at radius 1 is 0.929 bits per heavy atom. The Bertz CT molecular complexity index is 1530. The molecule has 0 saturated carbocycles. The third-order valence-corrected chi connectivity index (χ3v) is 8.60. The number of imidazole rings is 1. The topological polar surface area (TPSA) is 78.4 Å². The molecule has 42 heavy (non-hydrogen) atoms. The number of hydrogen-bond donors (Lipinski definition) is 2. The number of para-hydroxylation sites is 2. The van der Waals surface area contributed by atoms with Crippen LogP contribution in [0.5, 0.6) is 5.75 Å². The number of H-pyrrole nitrogens is 1. The summed E-state index contributed by atoms with van der Waals surface area (Å²) in [4.78, 5) is 23.7. The van der Waals surface area contributed by atoms with E-state index in [1.54, 1.807) is 11.3 Å². The third-order valence-electron chi connectivity index (χ3n) is 7.48. The van der Waals surface area contributed by atoms with E-state index < -0.39 is 5.97 Å². The van der Waals surface area contributed by atoms with Crippen molar-refractivity contribution in [3.63, 3.8) is 0 Å². The van der Waals surface area contributed by atoms with Crippen LogP contribution in [0.25, 0.3) is 21.5 Å². The molecule has 3 aromatic carbocycles. The lowest BCUT2D eigenvalue weighted by atomic mass is 9.90. The zero-order chi connectivity index (χ0) is 29.3. The summed E-state index contributed by atoms with van der Waals surface area (Å²) in [5.41, 5.74) is 5.50. The summed E-state index contributed by atoms with van der Waals surface area (Å²) < 4.78 is 6.08. The molecule has 0 aliphatic carbocycles. The Kier molecular flexibility index (Phi) is 10.1. The molecular weight excluding hydrogens is 542 g/mol. The van der Waals surface area contributed by atoms with Crippen molar-refractivity contribution in [2.75, 3.05) is 6.54 Å².